The number of anilines is 3. The third kappa shape index (κ3) is 4.15. The number of rotatable bonds is 7. The van der Waals surface area contributed by atoms with Gasteiger partial charge in [0.05, 0.1) is 21.3 Å². The minimum Gasteiger partial charge on any atom is -0.493 e. The van der Waals surface area contributed by atoms with Crippen molar-refractivity contribution in [2.45, 2.75) is 19.9 Å². The molecule has 2 N–H and O–H groups in total. The lowest BCUT2D eigenvalue weighted by Crippen LogP contribution is -2.11. The topological polar surface area (TPSA) is 77.5 Å². The highest BCUT2D eigenvalue weighted by Crippen LogP contribution is 2.40. The molecule has 0 radical (unpaired) electrons. The molecule has 0 saturated heterocycles. The fourth-order valence-corrected chi connectivity index (χ4v) is 2.08. The molecule has 0 unspecified atom stereocenters. The summed E-state index contributed by atoms with van der Waals surface area (Å²) in [5, 5.41) is 6.37. The summed E-state index contributed by atoms with van der Waals surface area (Å²) in [5.41, 5.74) is 0.737. The highest BCUT2D eigenvalue weighted by atomic mass is 16.5. The molecule has 0 aliphatic heterocycles. The number of methoxy groups -OCH3 is 3. The van der Waals surface area contributed by atoms with E-state index in [4.69, 9.17) is 14.2 Å². The summed E-state index contributed by atoms with van der Waals surface area (Å²) in [5.74, 6) is 2.89. The Labute approximate surface area is 136 Å². The summed E-state index contributed by atoms with van der Waals surface area (Å²) in [6.45, 7) is 4.10. The molecule has 0 spiro atoms. The summed E-state index contributed by atoms with van der Waals surface area (Å²) in [6, 6.07) is 5.71. The number of aromatic nitrogens is 2. The Balaban J connectivity index is 2.29. The Morgan fingerprint density at radius 2 is 1.65 bits per heavy atom. The van der Waals surface area contributed by atoms with E-state index in [0.29, 0.717) is 29.2 Å². The Bertz CT molecular complexity index is 637. The van der Waals surface area contributed by atoms with Crippen LogP contribution in [0.2, 0.25) is 0 Å². The van der Waals surface area contributed by atoms with E-state index in [2.05, 4.69) is 34.4 Å². The SMILES string of the molecule is COc1cc(Nc2nccc(NC(C)C)n2)cc(OC)c1OC. The lowest BCUT2D eigenvalue weighted by molar-refractivity contribution is 0.324. The molecule has 0 amide bonds. The van der Waals surface area contributed by atoms with Crippen molar-refractivity contribution >= 4 is 17.5 Å². The van der Waals surface area contributed by atoms with Gasteiger partial charge in [-0.1, -0.05) is 0 Å². The number of ether oxygens (including phenoxy) is 3. The molecule has 0 aliphatic carbocycles. The van der Waals surface area contributed by atoms with Crippen molar-refractivity contribution in [3.8, 4) is 17.2 Å². The first-order valence-corrected chi connectivity index (χ1v) is 7.24. The van der Waals surface area contributed by atoms with E-state index >= 15 is 0 Å². The molecule has 0 fully saturated rings. The zero-order valence-corrected chi connectivity index (χ0v) is 14.0. The second kappa shape index (κ2) is 7.53. The smallest absolute Gasteiger partial charge is 0.229 e. The van der Waals surface area contributed by atoms with Gasteiger partial charge in [-0.2, -0.15) is 4.98 Å². The van der Waals surface area contributed by atoms with E-state index in [9.17, 15) is 0 Å². The minimum atomic E-state index is 0.291. The van der Waals surface area contributed by atoms with Crippen molar-refractivity contribution in [2.75, 3.05) is 32.0 Å². The van der Waals surface area contributed by atoms with Crippen LogP contribution >= 0.6 is 0 Å². The maximum absolute atomic E-state index is 5.34. The van der Waals surface area contributed by atoms with Gasteiger partial charge in [-0.3, -0.25) is 0 Å². The van der Waals surface area contributed by atoms with Gasteiger partial charge in [-0.05, 0) is 19.9 Å². The third-order valence-electron chi connectivity index (χ3n) is 3.01. The van der Waals surface area contributed by atoms with Gasteiger partial charge in [0, 0.05) is 30.1 Å². The van der Waals surface area contributed by atoms with Crippen LogP contribution in [0.3, 0.4) is 0 Å². The van der Waals surface area contributed by atoms with Gasteiger partial charge in [-0.15, -0.1) is 0 Å². The van der Waals surface area contributed by atoms with E-state index < -0.39 is 0 Å². The molecular formula is C16H22N4O3. The normalized spacial score (nSPS) is 10.3. The fourth-order valence-electron chi connectivity index (χ4n) is 2.08. The lowest BCUT2D eigenvalue weighted by Gasteiger charge is -2.15. The molecule has 7 nitrogen and oxygen atoms in total. The Morgan fingerprint density at radius 1 is 1.00 bits per heavy atom. The van der Waals surface area contributed by atoms with Crippen molar-refractivity contribution in [1.82, 2.24) is 9.97 Å². The Kier molecular flexibility index (Phi) is 5.46. The number of hydrogen-bond donors (Lipinski definition) is 2. The number of benzene rings is 1. The van der Waals surface area contributed by atoms with Gasteiger partial charge in [0.15, 0.2) is 11.5 Å². The van der Waals surface area contributed by atoms with E-state index in [1.54, 1.807) is 39.7 Å². The average molecular weight is 318 g/mol. The highest BCUT2D eigenvalue weighted by Gasteiger charge is 2.13. The second-order valence-corrected chi connectivity index (χ2v) is 5.10. The fraction of sp³-hybridized carbons (Fsp3) is 0.375. The molecule has 1 aromatic heterocycles. The highest BCUT2D eigenvalue weighted by molar-refractivity contribution is 5.66. The number of nitrogens with zero attached hydrogens (tertiary/aromatic N) is 2. The molecule has 2 rings (SSSR count). The lowest BCUT2D eigenvalue weighted by atomic mass is 10.2. The minimum absolute atomic E-state index is 0.291. The maximum atomic E-state index is 5.34. The van der Waals surface area contributed by atoms with Crippen molar-refractivity contribution in [3.63, 3.8) is 0 Å². The van der Waals surface area contributed by atoms with Crippen LogP contribution in [0.4, 0.5) is 17.5 Å². The van der Waals surface area contributed by atoms with E-state index in [0.717, 1.165) is 11.5 Å². The van der Waals surface area contributed by atoms with Crippen LogP contribution in [0.5, 0.6) is 17.2 Å². The molecule has 1 aromatic carbocycles. The first-order chi connectivity index (χ1) is 11.1. The second-order valence-electron chi connectivity index (χ2n) is 5.10. The van der Waals surface area contributed by atoms with E-state index in [1.807, 2.05) is 6.07 Å². The van der Waals surface area contributed by atoms with Gasteiger partial charge in [0.25, 0.3) is 0 Å². The molecule has 124 valence electrons. The van der Waals surface area contributed by atoms with E-state index in [-0.39, 0.29) is 0 Å². The molecular weight excluding hydrogens is 296 g/mol. The quantitative estimate of drug-likeness (QED) is 0.812. The predicted octanol–water partition coefficient (Wildman–Crippen LogP) is 3.07. The van der Waals surface area contributed by atoms with Gasteiger partial charge in [0.1, 0.15) is 5.82 Å². The molecule has 23 heavy (non-hydrogen) atoms. The summed E-state index contributed by atoms with van der Waals surface area (Å²) < 4.78 is 16.0. The number of hydrogen-bond acceptors (Lipinski definition) is 7. The zero-order chi connectivity index (χ0) is 16.8. The van der Waals surface area contributed by atoms with Gasteiger partial charge < -0.3 is 24.8 Å². The largest absolute Gasteiger partial charge is 0.493 e. The number of nitrogens with one attached hydrogen (secondary N) is 2. The van der Waals surface area contributed by atoms with Crippen LogP contribution in [0.1, 0.15) is 13.8 Å². The van der Waals surface area contributed by atoms with Crippen molar-refractivity contribution in [2.24, 2.45) is 0 Å². The van der Waals surface area contributed by atoms with Crippen LogP contribution in [0.15, 0.2) is 24.4 Å². The third-order valence-corrected chi connectivity index (χ3v) is 3.01. The predicted molar refractivity (Wildman–Crippen MR) is 90.2 cm³/mol. The van der Waals surface area contributed by atoms with Crippen molar-refractivity contribution in [3.05, 3.63) is 24.4 Å². The summed E-state index contributed by atoms with van der Waals surface area (Å²) >= 11 is 0. The van der Waals surface area contributed by atoms with Crippen LogP contribution in [-0.4, -0.2) is 37.3 Å². The standard InChI is InChI=1S/C16H22N4O3/c1-10(2)18-14-6-7-17-16(20-14)19-11-8-12(21-3)15(23-5)13(9-11)22-4/h6-10H,1-5H3,(H2,17,18,19,20). The molecule has 1 heterocycles. The first-order valence-electron chi connectivity index (χ1n) is 7.24. The summed E-state index contributed by atoms with van der Waals surface area (Å²) in [7, 11) is 4.72. The van der Waals surface area contributed by atoms with Crippen LogP contribution in [0, 0.1) is 0 Å². The molecule has 0 saturated carbocycles. The maximum Gasteiger partial charge on any atom is 0.229 e. The Hall–Kier alpha value is -2.70. The van der Waals surface area contributed by atoms with Gasteiger partial charge in [0.2, 0.25) is 11.7 Å². The Morgan fingerprint density at radius 3 is 2.17 bits per heavy atom. The van der Waals surface area contributed by atoms with Crippen LogP contribution in [0.25, 0.3) is 0 Å². The molecule has 0 atom stereocenters. The van der Waals surface area contributed by atoms with Gasteiger partial charge >= 0.3 is 0 Å². The molecule has 2 aromatic rings. The first kappa shape index (κ1) is 16.7. The average Bonchev–Trinajstić information content (AvgIpc) is 2.53. The molecule has 0 aliphatic rings. The van der Waals surface area contributed by atoms with Crippen molar-refractivity contribution < 1.29 is 14.2 Å². The molecule has 7 heteroatoms. The zero-order valence-electron chi connectivity index (χ0n) is 14.0. The summed E-state index contributed by atoms with van der Waals surface area (Å²) in [6.07, 6.45) is 1.69. The van der Waals surface area contributed by atoms with Crippen LogP contribution in [-0.2, 0) is 0 Å². The molecule has 0 bridgehead atoms. The summed E-state index contributed by atoms with van der Waals surface area (Å²) in [4.78, 5) is 8.64. The van der Waals surface area contributed by atoms with Gasteiger partial charge in [-0.25, -0.2) is 4.98 Å². The monoisotopic (exact) mass is 318 g/mol. The van der Waals surface area contributed by atoms with E-state index in [1.165, 1.54) is 0 Å². The van der Waals surface area contributed by atoms with Crippen LogP contribution < -0.4 is 24.8 Å². The van der Waals surface area contributed by atoms with Crippen molar-refractivity contribution in [1.29, 1.82) is 0 Å².